The van der Waals surface area contributed by atoms with Gasteiger partial charge in [-0.1, -0.05) is 24.3 Å². The van der Waals surface area contributed by atoms with Crippen LogP contribution in [0.2, 0.25) is 0 Å². The highest BCUT2D eigenvalue weighted by atomic mass is 16.5. The lowest BCUT2D eigenvalue weighted by Gasteiger charge is -2.13. The third-order valence-electron chi connectivity index (χ3n) is 3.25. The molecule has 6 nitrogen and oxygen atoms in total. The molecule has 1 N–H and O–H groups in total. The van der Waals surface area contributed by atoms with Gasteiger partial charge in [0.1, 0.15) is 17.8 Å². The molecule has 3 rings (SSSR count). The topological polar surface area (TPSA) is 61.2 Å². The minimum atomic E-state index is 0.578. The Labute approximate surface area is 128 Å². The van der Waals surface area contributed by atoms with E-state index in [9.17, 15) is 0 Å². The second kappa shape index (κ2) is 6.17. The van der Waals surface area contributed by atoms with Gasteiger partial charge in [0.15, 0.2) is 0 Å². The van der Waals surface area contributed by atoms with E-state index in [1.54, 1.807) is 20.5 Å². The Balaban J connectivity index is 1.99. The molecule has 0 fully saturated rings. The van der Waals surface area contributed by atoms with Gasteiger partial charge in [-0.2, -0.15) is 0 Å². The highest BCUT2D eigenvalue weighted by Gasteiger charge is 2.12. The molecule has 0 unspecified atom stereocenters. The molecule has 22 heavy (non-hydrogen) atoms. The van der Waals surface area contributed by atoms with Crippen molar-refractivity contribution in [3.63, 3.8) is 0 Å². The van der Waals surface area contributed by atoms with E-state index in [4.69, 9.17) is 9.47 Å². The smallest absolute Gasteiger partial charge is 0.233 e. The molecule has 0 bridgehead atoms. The minimum absolute atomic E-state index is 0.578. The van der Waals surface area contributed by atoms with Gasteiger partial charge < -0.3 is 14.8 Å². The highest BCUT2D eigenvalue weighted by Crippen LogP contribution is 2.29. The number of hydrogen-bond donors (Lipinski definition) is 1. The predicted octanol–water partition coefficient (Wildman–Crippen LogP) is 3.03. The molecule has 0 aliphatic carbocycles. The number of nitrogens with zero attached hydrogens (tertiary/aromatic N) is 3. The first kappa shape index (κ1) is 13.9. The number of anilines is 2. The summed E-state index contributed by atoms with van der Waals surface area (Å²) in [4.78, 5) is 0. The van der Waals surface area contributed by atoms with E-state index >= 15 is 0 Å². The monoisotopic (exact) mass is 296 g/mol. The number of para-hydroxylation sites is 4. The van der Waals surface area contributed by atoms with Crippen molar-refractivity contribution in [2.24, 2.45) is 0 Å². The third-order valence-corrected chi connectivity index (χ3v) is 3.25. The fraction of sp³-hybridized carbons (Fsp3) is 0.125. The lowest BCUT2D eigenvalue weighted by atomic mass is 10.3. The molecular formula is C16H16N4O2. The van der Waals surface area contributed by atoms with E-state index in [-0.39, 0.29) is 0 Å². The molecule has 6 heteroatoms. The summed E-state index contributed by atoms with van der Waals surface area (Å²) >= 11 is 0. The zero-order valence-electron chi connectivity index (χ0n) is 12.4. The van der Waals surface area contributed by atoms with Crippen LogP contribution in [-0.2, 0) is 0 Å². The quantitative estimate of drug-likeness (QED) is 0.784. The second-order valence-electron chi connectivity index (χ2n) is 4.52. The van der Waals surface area contributed by atoms with Crippen LogP contribution in [0.4, 0.5) is 11.6 Å². The van der Waals surface area contributed by atoms with Gasteiger partial charge in [0.05, 0.1) is 25.6 Å². The van der Waals surface area contributed by atoms with E-state index < -0.39 is 0 Å². The van der Waals surface area contributed by atoms with Crippen LogP contribution in [0.3, 0.4) is 0 Å². The van der Waals surface area contributed by atoms with Crippen LogP contribution in [0.1, 0.15) is 0 Å². The molecule has 112 valence electrons. The van der Waals surface area contributed by atoms with Crippen LogP contribution in [0.15, 0.2) is 54.9 Å². The second-order valence-corrected chi connectivity index (χ2v) is 4.52. The molecule has 0 spiro atoms. The molecule has 0 amide bonds. The molecule has 1 heterocycles. The van der Waals surface area contributed by atoms with Crippen molar-refractivity contribution in [1.82, 2.24) is 14.8 Å². The van der Waals surface area contributed by atoms with E-state index in [0.717, 1.165) is 22.9 Å². The van der Waals surface area contributed by atoms with E-state index in [0.29, 0.717) is 5.95 Å². The summed E-state index contributed by atoms with van der Waals surface area (Å²) in [5, 5.41) is 11.3. The van der Waals surface area contributed by atoms with Crippen molar-refractivity contribution in [3.05, 3.63) is 54.9 Å². The van der Waals surface area contributed by atoms with Crippen LogP contribution in [0.25, 0.3) is 5.69 Å². The fourth-order valence-electron chi connectivity index (χ4n) is 2.19. The average Bonchev–Trinajstić information content (AvgIpc) is 3.03. The number of ether oxygens (including phenoxy) is 2. The summed E-state index contributed by atoms with van der Waals surface area (Å²) in [6.07, 6.45) is 1.63. The Morgan fingerprint density at radius 2 is 1.59 bits per heavy atom. The van der Waals surface area contributed by atoms with E-state index in [1.165, 1.54) is 0 Å². The molecule has 0 aliphatic heterocycles. The summed E-state index contributed by atoms with van der Waals surface area (Å²) < 4.78 is 12.6. The van der Waals surface area contributed by atoms with Crippen LogP contribution < -0.4 is 14.8 Å². The number of hydrogen-bond acceptors (Lipinski definition) is 5. The molecule has 2 aromatic carbocycles. The Bertz CT molecular complexity index is 770. The van der Waals surface area contributed by atoms with Crippen molar-refractivity contribution in [1.29, 1.82) is 0 Å². The van der Waals surface area contributed by atoms with Crippen molar-refractivity contribution >= 4 is 11.6 Å². The number of benzene rings is 2. The Hall–Kier alpha value is -3.02. The van der Waals surface area contributed by atoms with Gasteiger partial charge in [-0.25, -0.2) is 0 Å². The molecule has 0 aliphatic rings. The van der Waals surface area contributed by atoms with E-state index in [1.807, 2.05) is 53.1 Å². The minimum Gasteiger partial charge on any atom is -0.495 e. The maximum Gasteiger partial charge on any atom is 0.233 e. The van der Waals surface area contributed by atoms with Gasteiger partial charge in [-0.3, -0.25) is 4.57 Å². The Kier molecular flexibility index (Phi) is 3.91. The molecule has 3 aromatic rings. The van der Waals surface area contributed by atoms with Gasteiger partial charge in [0, 0.05) is 0 Å². The number of rotatable bonds is 5. The first-order valence-electron chi connectivity index (χ1n) is 6.77. The maximum atomic E-state index is 5.39. The van der Waals surface area contributed by atoms with Crippen molar-refractivity contribution in [2.75, 3.05) is 19.5 Å². The zero-order chi connectivity index (χ0) is 15.4. The first-order valence-corrected chi connectivity index (χ1v) is 6.77. The zero-order valence-corrected chi connectivity index (χ0v) is 12.4. The molecular weight excluding hydrogens is 280 g/mol. The van der Waals surface area contributed by atoms with Crippen LogP contribution in [-0.4, -0.2) is 29.0 Å². The van der Waals surface area contributed by atoms with Crippen LogP contribution in [0, 0.1) is 0 Å². The molecule has 1 aromatic heterocycles. The average molecular weight is 296 g/mol. The summed E-state index contributed by atoms with van der Waals surface area (Å²) in [6.45, 7) is 0. The van der Waals surface area contributed by atoms with Gasteiger partial charge >= 0.3 is 0 Å². The summed E-state index contributed by atoms with van der Waals surface area (Å²) in [5.41, 5.74) is 1.67. The summed E-state index contributed by atoms with van der Waals surface area (Å²) in [6, 6.07) is 15.3. The van der Waals surface area contributed by atoms with Crippen LogP contribution in [0.5, 0.6) is 11.5 Å². The largest absolute Gasteiger partial charge is 0.495 e. The van der Waals surface area contributed by atoms with Crippen molar-refractivity contribution in [2.45, 2.75) is 0 Å². The summed E-state index contributed by atoms with van der Waals surface area (Å²) in [7, 11) is 3.27. The lowest BCUT2D eigenvalue weighted by molar-refractivity contribution is 0.413. The van der Waals surface area contributed by atoms with Gasteiger partial charge in [-0.15, -0.1) is 10.2 Å². The number of aromatic nitrogens is 3. The van der Waals surface area contributed by atoms with E-state index in [2.05, 4.69) is 15.5 Å². The maximum absolute atomic E-state index is 5.39. The number of methoxy groups -OCH3 is 2. The van der Waals surface area contributed by atoms with Crippen molar-refractivity contribution < 1.29 is 9.47 Å². The molecule has 0 saturated heterocycles. The highest BCUT2D eigenvalue weighted by molar-refractivity contribution is 5.64. The molecule has 0 saturated carbocycles. The summed E-state index contributed by atoms with van der Waals surface area (Å²) in [5.74, 6) is 2.05. The first-order chi connectivity index (χ1) is 10.8. The van der Waals surface area contributed by atoms with Crippen molar-refractivity contribution in [3.8, 4) is 17.2 Å². The lowest BCUT2D eigenvalue weighted by Crippen LogP contribution is -2.03. The molecule has 0 radical (unpaired) electrons. The van der Waals surface area contributed by atoms with Gasteiger partial charge in [-0.05, 0) is 24.3 Å². The van der Waals surface area contributed by atoms with Crippen LogP contribution >= 0.6 is 0 Å². The standard InChI is InChI=1S/C16H16N4O2/c1-21-14-9-5-3-7-12(14)18-16-19-17-11-20(16)13-8-4-6-10-15(13)22-2/h3-11H,1-2H3,(H,18,19). The molecule has 0 atom stereocenters. The third kappa shape index (κ3) is 2.58. The SMILES string of the molecule is COc1ccccc1Nc1nncn1-c1ccccc1OC. The Morgan fingerprint density at radius 3 is 2.36 bits per heavy atom. The Morgan fingerprint density at radius 1 is 0.909 bits per heavy atom. The van der Waals surface area contributed by atoms with Gasteiger partial charge in [0.2, 0.25) is 5.95 Å². The fourth-order valence-corrected chi connectivity index (χ4v) is 2.19. The number of nitrogens with one attached hydrogen (secondary N) is 1. The normalized spacial score (nSPS) is 10.3. The predicted molar refractivity (Wildman–Crippen MR) is 84.2 cm³/mol. The van der Waals surface area contributed by atoms with Gasteiger partial charge in [0.25, 0.3) is 0 Å².